The summed E-state index contributed by atoms with van der Waals surface area (Å²) >= 11 is 1.33. The molecule has 0 unspecified atom stereocenters. The Kier molecular flexibility index (Phi) is 4.02. The van der Waals surface area contributed by atoms with Crippen LogP contribution in [-0.4, -0.2) is 22.8 Å². The summed E-state index contributed by atoms with van der Waals surface area (Å²) in [5, 5.41) is 8.95. The van der Waals surface area contributed by atoms with Crippen molar-refractivity contribution in [2.24, 2.45) is 0 Å². The fourth-order valence-corrected chi connectivity index (χ4v) is 3.52. The fourth-order valence-electron chi connectivity index (χ4n) is 2.80. The van der Waals surface area contributed by atoms with Crippen LogP contribution in [0.15, 0.2) is 64.5 Å². The van der Waals surface area contributed by atoms with E-state index >= 15 is 0 Å². The first-order valence-corrected chi connectivity index (χ1v) is 9.33. The Bertz CT molecular complexity index is 1150. The van der Waals surface area contributed by atoms with Crippen molar-refractivity contribution in [2.75, 3.05) is 12.1 Å². The van der Waals surface area contributed by atoms with Gasteiger partial charge in [-0.15, -0.1) is 11.3 Å². The van der Waals surface area contributed by atoms with Gasteiger partial charge in [-0.2, -0.15) is 0 Å². The van der Waals surface area contributed by atoms with E-state index in [1.165, 1.54) is 11.3 Å². The first-order valence-electron chi connectivity index (χ1n) is 8.45. The van der Waals surface area contributed by atoms with Crippen molar-refractivity contribution in [3.8, 4) is 34.1 Å². The van der Waals surface area contributed by atoms with Gasteiger partial charge in [0.2, 0.25) is 6.79 Å². The zero-order chi connectivity index (χ0) is 18.9. The summed E-state index contributed by atoms with van der Waals surface area (Å²) in [6.45, 7) is 0.222. The van der Waals surface area contributed by atoms with Gasteiger partial charge in [-0.1, -0.05) is 35.5 Å². The first kappa shape index (κ1) is 16.5. The van der Waals surface area contributed by atoms with E-state index in [-0.39, 0.29) is 18.4 Å². The molecular weight excluding hydrogens is 378 g/mol. The number of rotatable bonds is 4. The van der Waals surface area contributed by atoms with E-state index in [9.17, 15) is 4.79 Å². The Morgan fingerprint density at radius 1 is 1.00 bits per heavy atom. The van der Waals surface area contributed by atoms with Crippen molar-refractivity contribution in [3.63, 3.8) is 0 Å². The number of hydrogen-bond acceptors (Lipinski definition) is 7. The van der Waals surface area contributed by atoms with Gasteiger partial charge in [0.1, 0.15) is 0 Å². The molecule has 0 fully saturated rings. The molecule has 0 spiro atoms. The molecule has 1 aliphatic heterocycles. The van der Waals surface area contributed by atoms with Crippen molar-refractivity contribution >= 4 is 22.4 Å². The molecular formula is C20H13N3O4S. The molecule has 8 heteroatoms. The van der Waals surface area contributed by atoms with Crippen LogP contribution >= 0.6 is 11.3 Å². The van der Waals surface area contributed by atoms with Crippen molar-refractivity contribution in [2.45, 2.75) is 0 Å². The van der Waals surface area contributed by atoms with E-state index in [0.717, 1.165) is 16.8 Å². The van der Waals surface area contributed by atoms with Crippen LogP contribution in [-0.2, 0) is 0 Å². The van der Waals surface area contributed by atoms with Gasteiger partial charge in [0.25, 0.3) is 5.91 Å². The van der Waals surface area contributed by atoms with Crippen LogP contribution in [0.2, 0.25) is 0 Å². The Hall–Kier alpha value is -3.65. The van der Waals surface area contributed by atoms with Gasteiger partial charge in [0.15, 0.2) is 28.1 Å². The summed E-state index contributed by atoms with van der Waals surface area (Å²) < 4.78 is 16.0. The molecule has 1 amide bonds. The highest BCUT2D eigenvalue weighted by Gasteiger charge is 2.17. The maximum Gasteiger partial charge on any atom is 0.279 e. The van der Waals surface area contributed by atoms with Gasteiger partial charge in [-0.25, -0.2) is 4.98 Å². The largest absolute Gasteiger partial charge is 0.454 e. The molecule has 7 nitrogen and oxygen atoms in total. The Morgan fingerprint density at radius 3 is 2.75 bits per heavy atom. The topological polar surface area (TPSA) is 86.5 Å². The Labute approximate surface area is 163 Å². The average Bonchev–Trinajstić information content (AvgIpc) is 3.48. The molecule has 138 valence electrons. The standard InChI is InChI=1S/C20H13N3O4S/c24-19(14-9-17(27-23-14)12-4-2-1-3-5-12)22-20-21-15(10-28-20)13-6-7-16-18(8-13)26-11-25-16/h1-10H,11H2,(H,21,22,24). The van der Waals surface area contributed by atoms with Crippen molar-refractivity contribution < 1.29 is 18.8 Å². The predicted octanol–water partition coefficient (Wildman–Crippen LogP) is 4.45. The number of carbonyl (C=O) groups excluding carboxylic acids is 1. The number of aromatic nitrogens is 2. The highest BCUT2D eigenvalue weighted by atomic mass is 32.1. The summed E-state index contributed by atoms with van der Waals surface area (Å²) in [5.41, 5.74) is 2.67. The number of anilines is 1. The number of thiazole rings is 1. The smallest absolute Gasteiger partial charge is 0.279 e. The van der Waals surface area contributed by atoms with E-state index in [1.54, 1.807) is 6.07 Å². The number of ether oxygens (including phenoxy) is 2. The summed E-state index contributed by atoms with van der Waals surface area (Å²) in [7, 11) is 0. The van der Waals surface area contributed by atoms with Crippen molar-refractivity contribution in [3.05, 3.63) is 65.7 Å². The maximum absolute atomic E-state index is 12.5. The molecule has 3 heterocycles. The third-order valence-electron chi connectivity index (χ3n) is 4.19. The molecule has 0 radical (unpaired) electrons. The van der Waals surface area contributed by atoms with Crippen LogP contribution in [0.4, 0.5) is 5.13 Å². The molecule has 4 aromatic rings. The van der Waals surface area contributed by atoms with E-state index in [0.29, 0.717) is 22.4 Å². The summed E-state index contributed by atoms with van der Waals surface area (Å²) in [6, 6.07) is 16.7. The van der Waals surface area contributed by atoms with Gasteiger partial charge in [-0.05, 0) is 18.2 Å². The van der Waals surface area contributed by atoms with Gasteiger partial charge in [0, 0.05) is 22.6 Å². The second-order valence-electron chi connectivity index (χ2n) is 6.00. The van der Waals surface area contributed by atoms with Gasteiger partial charge in [-0.3, -0.25) is 10.1 Å². The summed E-state index contributed by atoms with van der Waals surface area (Å²) in [4.78, 5) is 16.9. The van der Waals surface area contributed by atoms with E-state index in [2.05, 4.69) is 15.5 Å². The molecule has 0 bridgehead atoms. The lowest BCUT2D eigenvalue weighted by atomic mass is 10.1. The highest BCUT2D eigenvalue weighted by Crippen LogP contribution is 2.36. The van der Waals surface area contributed by atoms with Crippen LogP contribution in [0.25, 0.3) is 22.6 Å². The lowest BCUT2D eigenvalue weighted by Gasteiger charge is -2.00. The van der Waals surface area contributed by atoms with Crippen molar-refractivity contribution in [1.82, 2.24) is 10.1 Å². The number of nitrogens with zero attached hydrogens (tertiary/aromatic N) is 2. The van der Waals surface area contributed by atoms with Crippen LogP contribution in [0, 0.1) is 0 Å². The Balaban J connectivity index is 1.32. The molecule has 28 heavy (non-hydrogen) atoms. The lowest BCUT2D eigenvalue weighted by Crippen LogP contribution is -2.11. The first-order chi connectivity index (χ1) is 13.8. The normalized spacial score (nSPS) is 12.1. The van der Waals surface area contributed by atoms with Crippen LogP contribution in [0.1, 0.15) is 10.5 Å². The number of benzene rings is 2. The number of hydrogen-bond donors (Lipinski definition) is 1. The van der Waals surface area contributed by atoms with Crippen LogP contribution in [0.3, 0.4) is 0 Å². The lowest BCUT2D eigenvalue weighted by molar-refractivity contribution is 0.101. The minimum absolute atomic E-state index is 0.193. The van der Waals surface area contributed by atoms with Gasteiger partial charge < -0.3 is 14.0 Å². The molecule has 0 atom stereocenters. The average molecular weight is 391 g/mol. The third-order valence-corrected chi connectivity index (χ3v) is 4.95. The predicted molar refractivity (Wildman–Crippen MR) is 104 cm³/mol. The molecule has 0 saturated heterocycles. The van der Waals surface area contributed by atoms with Gasteiger partial charge >= 0.3 is 0 Å². The molecule has 1 N–H and O–H groups in total. The number of nitrogens with one attached hydrogen (secondary N) is 1. The zero-order valence-corrected chi connectivity index (χ0v) is 15.2. The second kappa shape index (κ2) is 6.82. The quantitative estimate of drug-likeness (QED) is 0.553. The molecule has 2 aromatic heterocycles. The fraction of sp³-hybridized carbons (Fsp3) is 0.0500. The number of amides is 1. The third kappa shape index (κ3) is 3.10. The minimum atomic E-state index is -0.377. The highest BCUT2D eigenvalue weighted by molar-refractivity contribution is 7.14. The monoisotopic (exact) mass is 391 g/mol. The van der Waals surface area contributed by atoms with E-state index in [4.69, 9.17) is 14.0 Å². The van der Waals surface area contributed by atoms with Crippen LogP contribution in [0.5, 0.6) is 11.5 Å². The number of carbonyl (C=O) groups is 1. The molecule has 5 rings (SSSR count). The minimum Gasteiger partial charge on any atom is -0.454 e. The van der Waals surface area contributed by atoms with Crippen molar-refractivity contribution in [1.29, 1.82) is 0 Å². The zero-order valence-electron chi connectivity index (χ0n) is 14.4. The number of fused-ring (bicyclic) bond motifs is 1. The summed E-state index contributed by atoms with van der Waals surface area (Å²) in [5.74, 6) is 1.56. The maximum atomic E-state index is 12.5. The molecule has 1 aliphatic rings. The molecule has 0 aliphatic carbocycles. The van der Waals surface area contributed by atoms with Crippen LogP contribution < -0.4 is 14.8 Å². The molecule has 0 saturated carbocycles. The van der Waals surface area contributed by atoms with E-state index in [1.807, 2.05) is 53.9 Å². The van der Waals surface area contributed by atoms with Gasteiger partial charge in [0.05, 0.1) is 5.69 Å². The Morgan fingerprint density at radius 2 is 1.86 bits per heavy atom. The summed E-state index contributed by atoms with van der Waals surface area (Å²) in [6.07, 6.45) is 0. The SMILES string of the molecule is O=C(Nc1nc(-c2ccc3c(c2)OCO3)cs1)c1cc(-c2ccccc2)on1. The second-order valence-corrected chi connectivity index (χ2v) is 6.86. The molecule has 2 aromatic carbocycles. The van der Waals surface area contributed by atoms with E-state index < -0.39 is 0 Å².